The smallest absolute Gasteiger partial charge is 0.00566 e. The number of aryl methyl sites for hydroxylation is 1. The molecule has 3 rings (SSSR count). The molecule has 0 heteroatoms. The number of hydrogen-bond acceptors (Lipinski definition) is 0. The van der Waals surface area contributed by atoms with Gasteiger partial charge in [0.2, 0.25) is 0 Å². The van der Waals surface area contributed by atoms with Crippen molar-refractivity contribution in [2.45, 2.75) is 27.2 Å². The molecule has 0 saturated heterocycles. The van der Waals surface area contributed by atoms with Crippen molar-refractivity contribution in [1.29, 1.82) is 0 Å². The van der Waals surface area contributed by atoms with Crippen molar-refractivity contribution in [2.24, 2.45) is 0 Å². The van der Waals surface area contributed by atoms with Gasteiger partial charge in [-0.05, 0) is 72.2 Å². The second-order valence-electron chi connectivity index (χ2n) is 5.04. The summed E-state index contributed by atoms with van der Waals surface area (Å²) in [5.74, 6) is 0. The lowest BCUT2D eigenvalue weighted by Gasteiger charge is -2.25. The first-order valence-corrected chi connectivity index (χ1v) is 6.19. The second kappa shape index (κ2) is 3.73. The number of rotatable bonds is 0. The minimum absolute atomic E-state index is 1.08. The van der Waals surface area contributed by atoms with Crippen LogP contribution in [0.5, 0.6) is 0 Å². The van der Waals surface area contributed by atoms with Gasteiger partial charge in [-0.25, -0.2) is 0 Å². The predicted octanol–water partition coefficient (Wildman–Crippen LogP) is 4.33. The highest BCUT2D eigenvalue weighted by atomic mass is 14.2. The number of fused-ring (bicyclic) bond motifs is 2. The van der Waals surface area contributed by atoms with E-state index in [4.69, 9.17) is 0 Å². The monoisotopic (exact) mass is 221 g/mol. The van der Waals surface area contributed by atoms with Crippen LogP contribution in [0.2, 0.25) is 0 Å². The third kappa shape index (κ3) is 1.59. The van der Waals surface area contributed by atoms with Crippen LogP contribution in [0.1, 0.15) is 29.2 Å². The highest BCUT2D eigenvalue weighted by Gasteiger charge is 2.19. The quantitative estimate of drug-likeness (QED) is 0.611. The molecule has 0 aliphatic heterocycles. The standard InChI is InChI=1S/C17H17/c1-11-7-8-15-9-16-12(2)5-4-6-14(16)10-17(15)13(11)3/h4-9H,10H2,1-3H3. The van der Waals surface area contributed by atoms with Gasteiger partial charge < -0.3 is 0 Å². The average Bonchev–Trinajstić information content (AvgIpc) is 2.33. The molecule has 2 aliphatic carbocycles. The molecule has 0 unspecified atom stereocenters. The first-order chi connectivity index (χ1) is 8.16. The third-order valence-electron chi connectivity index (χ3n) is 3.99. The van der Waals surface area contributed by atoms with Gasteiger partial charge in [0.25, 0.3) is 0 Å². The summed E-state index contributed by atoms with van der Waals surface area (Å²) in [4.78, 5) is 0. The zero-order valence-corrected chi connectivity index (χ0v) is 10.7. The van der Waals surface area contributed by atoms with Crippen LogP contribution in [-0.2, 0) is 6.42 Å². The molecule has 17 heavy (non-hydrogen) atoms. The van der Waals surface area contributed by atoms with Crippen LogP contribution in [0.15, 0.2) is 41.0 Å². The molecule has 1 aromatic carbocycles. The first-order valence-electron chi connectivity index (χ1n) is 6.19. The highest BCUT2D eigenvalue weighted by molar-refractivity contribution is 5.74. The molecule has 0 fully saturated rings. The molecule has 1 radical (unpaired) electrons. The maximum Gasteiger partial charge on any atom is 0.00566 e. The summed E-state index contributed by atoms with van der Waals surface area (Å²) in [6, 6.07) is 4.49. The molecule has 2 aliphatic rings. The molecule has 0 atom stereocenters. The van der Waals surface area contributed by atoms with Gasteiger partial charge >= 0.3 is 0 Å². The van der Waals surface area contributed by atoms with Gasteiger partial charge in [-0.3, -0.25) is 0 Å². The van der Waals surface area contributed by atoms with Gasteiger partial charge in [-0.15, -0.1) is 0 Å². The van der Waals surface area contributed by atoms with Crippen LogP contribution >= 0.6 is 0 Å². The average molecular weight is 221 g/mol. The molecule has 0 saturated carbocycles. The van der Waals surface area contributed by atoms with Crippen molar-refractivity contribution in [3.05, 3.63) is 69.7 Å². The van der Waals surface area contributed by atoms with Gasteiger partial charge in [0, 0.05) is 6.42 Å². The molecular weight excluding hydrogens is 204 g/mol. The van der Waals surface area contributed by atoms with Gasteiger partial charge in [0.05, 0.1) is 0 Å². The lowest BCUT2D eigenvalue weighted by molar-refractivity contribution is 1.07. The van der Waals surface area contributed by atoms with Crippen molar-refractivity contribution in [3.63, 3.8) is 0 Å². The fraction of sp³-hybridized carbons (Fsp3) is 0.235. The summed E-state index contributed by atoms with van der Waals surface area (Å²) in [5, 5.41) is 0. The fourth-order valence-corrected chi connectivity index (χ4v) is 2.71. The minimum atomic E-state index is 1.08. The summed E-state index contributed by atoms with van der Waals surface area (Å²) in [6.07, 6.45) is 10.0. The Morgan fingerprint density at radius 1 is 1.00 bits per heavy atom. The van der Waals surface area contributed by atoms with E-state index < -0.39 is 0 Å². The lowest BCUT2D eigenvalue weighted by Crippen LogP contribution is -2.09. The maximum absolute atomic E-state index is 2.34. The normalized spacial score (nSPS) is 17.7. The Hall–Kier alpha value is -1.56. The van der Waals surface area contributed by atoms with Gasteiger partial charge in [-0.1, -0.05) is 24.3 Å². The first kappa shape index (κ1) is 10.6. The molecular formula is C17H17. The summed E-state index contributed by atoms with van der Waals surface area (Å²) in [7, 11) is 0. The molecule has 0 amide bonds. The van der Waals surface area contributed by atoms with Crippen LogP contribution < -0.4 is 0 Å². The van der Waals surface area contributed by atoms with Gasteiger partial charge in [0.15, 0.2) is 0 Å². The van der Waals surface area contributed by atoms with Gasteiger partial charge in [-0.2, -0.15) is 0 Å². The SMILES string of the molecule is CC1=C[CH]C=C2Cc3c(ccc(C)c3C)C=C12. The number of allylic oxidation sites excluding steroid dienone is 5. The van der Waals surface area contributed by atoms with E-state index in [9.17, 15) is 0 Å². The van der Waals surface area contributed by atoms with E-state index in [1.165, 1.54) is 39.0 Å². The summed E-state index contributed by atoms with van der Waals surface area (Å²) < 4.78 is 0. The Balaban J connectivity index is 2.21. The summed E-state index contributed by atoms with van der Waals surface area (Å²) >= 11 is 0. The molecule has 0 spiro atoms. The lowest BCUT2D eigenvalue weighted by atomic mass is 9.80. The molecule has 85 valence electrons. The van der Waals surface area contributed by atoms with Crippen LogP contribution in [0.25, 0.3) is 6.08 Å². The topological polar surface area (TPSA) is 0 Å². The molecule has 0 aromatic heterocycles. The van der Waals surface area contributed by atoms with Crippen LogP contribution in [0.4, 0.5) is 0 Å². The van der Waals surface area contributed by atoms with Crippen LogP contribution in [0, 0.1) is 20.3 Å². The number of benzene rings is 1. The maximum atomic E-state index is 2.34. The highest BCUT2D eigenvalue weighted by Crippen LogP contribution is 2.36. The summed E-state index contributed by atoms with van der Waals surface area (Å²) in [5.41, 5.74) is 10.0. The van der Waals surface area contributed by atoms with Crippen LogP contribution in [-0.4, -0.2) is 0 Å². The van der Waals surface area contributed by atoms with Crippen molar-refractivity contribution in [2.75, 3.05) is 0 Å². The van der Waals surface area contributed by atoms with Crippen molar-refractivity contribution in [1.82, 2.24) is 0 Å². The Bertz CT molecular complexity index is 580. The van der Waals surface area contributed by atoms with Crippen molar-refractivity contribution < 1.29 is 0 Å². The fourth-order valence-electron chi connectivity index (χ4n) is 2.71. The predicted molar refractivity (Wildman–Crippen MR) is 73.7 cm³/mol. The third-order valence-corrected chi connectivity index (χ3v) is 3.99. The van der Waals surface area contributed by atoms with Crippen LogP contribution in [0.3, 0.4) is 0 Å². The van der Waals surface area contributed by atoms with E-state index in [0.29, 0.717) is 0 Å². The van der Waals surface area contributed by atoms with E-state index in [1.807, 2.05) is 0 Å². The second-order valence-corrected chi connectivity index (χ2v) is 5.04. The van der Waals surface area contributed by atoms with E-state index in [1.54, 1.807) is 0 Å². The zero-order chi connectivity index (χ0) is 12.0. The minimum Gasteiger partial charge on any atom is -0.0732 e. The molecule has 1 aromatic rings. The molecule has 0 bridgehead atoms. The van der Waals surface area contributed by atoms with Gasteiger partial charge in [0.1, 0.15) is 0 Å². The number of hydrogen-bond donors (Lipinski definition) is 0. The Morgan fingerprint density at radius 2 is 1.82 bits per heavy atom. The Morgan fingerprint density at radius 3 is 2.65 bits per heavy atom. The van der Waals surface area contributed by atoms with E-state index in [0.717, 1.165) is 6.42 Å². The van der Waals surface area contributed by atoms with E-state index >= 15 is 0 Å². The molecule has 0 N–H and O–H groups in total. The van der Waals surface area contributed by atoms with E-state index in [2.05, 4.69) is 57.6 Å². The molecule has 0 heterocycles. The Kier molecular flexibility index (Phi) is 2.32. The van der Waals surface area contributed by atoms with E-state index in [-0.39, 0.29) is 0 Å². The zero-order valence-electron chi connectivity index (χ0n) is 10.7. The van der Waals surface area contributed by atoms with Crippen molar-refractivity contribution >= 4 is 6.08 Å². The van der Waals surface area contributed by atoms with Crippen molar-refractivity contribution in [3.8, 4) is 0 Å². The summed E-state index contributed by atoms with van der Waals surface area (Å²) in [6.45, 7) is 6.63. The largest absolute Gasteiger partial charge is 0.0732 e. The Labute approximate surface area is 103 Å². The molecule has 0 nitrogen and oxygen atoms in total.